The molecule has 3 rings (SSSR count). The largest absolute Gasteiger partial charge is 0.277 e. The van der Waals surface area contributed by atoms with Gasteiger partial charge in [-0.05, 0) is 43.5 Å². The number of carbonyl (C=O) groups excluding carboxylic acids is 2. The predicted octanol–water partition coefficient (Wildman–Crippen LogP) is 2.68. The second-order valence-electron chi connectivity index (χ2n) is 6.00. The van der Waals surface area contributed by atoms with Crippen molar-refractivity contribution in [3.05, 3.63) is 66.2 Å². The van der Waals surface area contributed by atoms with Gasteiger partial charge in [0.2, 0.25) is 5.91 Å². The number of imide groups is 1. The topological polar surface area (TPSA) is 71.5 Å². The van der Waals surface area contributed by atoms with Crippen molar-refractivity contribution in [1.82, 2.24) is 4.90 Å². The Labute approximate surface area is 147 Å². The summed E-state index contributed by atoms with van der Waals surface area (Å²) in [5, 5.41) is -1.22. The van der Waals surface area contributed by atoms with Crippen molar-refractivity contribution >= 4 is 21.7 Å². The van der Waals surface area contributed by atoms with E-state index in [1.807, 2.05) is 0 Å². The lowest BCUT2D eigenvalue weighted by Gasteiger charge is -2.23. The van der Waals surface area contributed by atoms with Crippen LogP contribution in [-0.2, 0) is 14.6 Å². The fraction of sp³-hybridized carbons (Fsp3) is 0.263. The lowest BCUT2D eigenvalue weighted by molar-refractivity contribution is -0.127. The second-order valence-corrected chi connectivity index (χ2v) is 8.13. The summed E-state index contributed by atoms with van der Waals surface area (Å²) in [5.41, 5.74) is 0.383. The zero-order valence-electron chi connectivity index (χ0n) is 13.7. The average molecular weight is 357 g/mol. The first-order valence-corrected chi connectivity index (χ1v) is 9.76. The minimum absolute atomic E-state index is 0.113. The van der Waals surface area contributed by atoms with Gasteiger partial charge in [0.15, 0.2) is 9.84 Å². The molecule has 0 radical (unpaired) electrons. The molecule has 130 valence electrons. The fourth-order valence-corrected chi connectivity index (χ4v) is 4.74. The molecule has 2 amide bonds. The molecule has 2 aromatic rings. The Balaban J connectivity index is 1.94. The van der Waals surface area contributed by atoms with Gasteiger partial charge < -0.3 is 0 Å². The molecule has 0 unspecified atom stereocenters. The highest BCUT2D eigenvalue weighted by Crippen LogP contribution is 2.25. The number of carbonyl (C=O) groups is 2. The van der Waals surface area contributed by atoms with Crippen LogP contribution >= 0.6 is 0 Å². The number of rotatable bonds is 3. The summed E-state index contributed by atoms with van der Waals surface area (Å²) >= 11 is 0. The molecule has 1 aliphatic heterocycles. The van der Waals surface area contributed by atoms with Crippen LogP contribution in [0.2, 0.25) is 0 Å². The third-order valence-electron chi connectivity index (χ3n) is 4.35. The van der Waals surface area contributed by atoms with Gasteiger partial charge in [0.05, 0.1) is 4.90 Å². The predicted molar refractivity (Wildman–Crippen MR) is 93.8 cm³/mol. The van der Waals surface area contributed by atoms with Gasteiger partial charge in [-0.3, -0.25) is 14.5 Å². The molecular weight excluding hydrogens is 338 g/mol. The van der Waals surface area contributed by atoms with Crippen molar-refractivity contribution in [1.29, 1.82) is 0 Å². The molecule has 0 aromatic heterocycles. The highest BCUT2D eigenvalue weighted by Gasteiger charge is 2.40. The Kier molecular flexibility index (Phi) is 4.99. The number of hydrogen-bond acceptors (Lipinski definition) is 4. The van der Waals surface area contributed by atoms with Gasteiger partial charge in [-0.15, -0.1) is 0 Å². The van der Waals surface area contributed by atoms with Crippen LogP contribution in [0.25, 0.3) is 0 Å². The van der Waals surface area contributed by atoms with Crippen LogP contribution in [0.5, 0.6) is 0 Å². The molecule has 0 aliphatic carbocycles. The Morgan fingerprint density at radius 2 is 1.52 bits per heavy atom. The summed E-state index contributed by atoms with van der Waals surface area (Å²) in [4.78, 5) is 26.8. The monoisotopic (exact) mass is 357 g/mol. The molecule has 1 fully saturated rings. The molecule has 0 saturated carbocycles. The van der Waals surface area contributed by atoms with Crippen molar-refractivity contribution in [2.75, 3.05) is 6.54 Å². The smallest absolute Gasteiger partial charge is 0.260 e. The molecule has 0 N–H and O–H groups in total. The van der Waals surface area contributed by atoms with E-state index in [1.165, 1.54) is 12.1 Å². The van der Waals surface area contributed by atoms with Gasteiger partial charge in [0.1, 0.15) is 5.25 Å². The molecule has 0 spiro atoms. The number of nitrogens with zero attached hydrogens (tertiary/aromatic N) is 1. The Bertz CT molecular complexity index is 863. The van der Waals surface area contributed by atoms with Crippen molar-refractivity contribution in [2.24, 2.45) is 0 Å². The van der Waals surface area contributed by atoms with E-state index in [1.54, 1.807) is 48.5 Å². The van der Waals surface area contributed by atoms with Crippen LogP contribution in [0, 0.1) is 0 Å². The maximum absolute atomic E-state index is 12.9. The maximum Gasteiger partial charge on any atom is 0.260 e. The number of sulfone groups is 1. The third-order valence-corrected chi connectivity index (χ3v) is 6.47. The summed E-state index contributed by atoms with van der Waals surface area (Å²) in [7, 11) is -3.83. The van der Waals surface area contributed by atoms with E-state index < -0.39 is 26.9 Å². The maximum atomic E-state index is 12.9. The van der Waals surface area contributed by atoms with Crippen LogP contribution < -0.4 is 0 Å². The number of hydrogen-bond donors (Lipinski definition) is 0. The molecule has 1 saturated heterocycles. The van der Waals surface area contributed by atoms with Crippen LogP contribution in [0.3, 0.4) is 0 Å². The third kappa shape index (κ3) is 3.49. The highest BCUT2D eigenvalue weighted by atomic mass is 32.2. The molecule has 2 aromatic carbocycles. The van der Waals surface area contributed by atoms with E-state index in [9.17, 15) is 18.0 Å². The molecule has 25 heavy (non-hydrogen) atoms. The average Bonchev–Trinajstić information content (AvgIpc) is 2.84. The normalized spacial score (nSPS) is 18.6. The van der Waals surface area contributed by atoms with Gasteiger partial charge in [-0.2, -0.15) is 0 Å². The van der Waals surface area contributed by atoms with Gasteiger partial charge in [-0.25, -0.2) is 8.42 Å². The Morgan fingerprint density at radius 1 is 0.920 bits per heavy atom. The molecule has 1 atom stereocenters. The molecule has 1 heterocycles. The minimum atomic E-state index is -3.83. The number of likely N-dealkylation sites (tertiary alicyclic amines) is 1. The van der Waals surface area contributed by atoms with Gasteiger partial charge >= 0.3 is 0 Å². The molecule has 6 heteroatoms. The summed E-state index contributed by atoms with van der Waals surface area (Å²) in [6, 6.07) is 16.4. The lowest BCUT2D eigenvalue weighted by Crippen LogP contribution is -2.45. The van der Waals surface area contributed by atoms with E-state index in [0.717, 1.165) is 4.90 Å². The standard InChI is InChI=1S/C19H19NO4S/c21-18(15-9-3-1-4-10-15)20-14-8-7-13-17(19(20)22)25(23,24)16-11-5-2-6-12-16/h1-6,9-12,17H,7-8,13-14H2/t17-/m0/s1. The Morgan fingerprint density at radius 3 is 2.16 bits per heavy atom. The van der Waals surface area contributed by atoms with E-state index in [2.05, 4.69) is 0 Å². The molecule has 1 aliphatic rings. The van der Waals surface area contributed by atoms with E-state index in [4.69, 9.17) is 0 Å². The van der Waals surface area contributed by atoms with Gasteiger partial charge in [0, 0.05) is 12.1 Å². The quantitative estimate of drug-likeness (QED) is 0.792. The van der Waals surface area contributed by atoms with E-state index >= 15 is 0 Å². The molecule has 0 bridgehead atoms. The van der Waals surface area contributed by atoms with Crippen molar-refractivity contribution < 1.29 is 18.0 Å². The van der Waals surface area contributed by atoms with Gasteiger partial charge in [-0.1, -0.05) is 36.4 Å². The van der Waals surface area contributed by atoms with Crippen molar-refractivity contribution in [3.63, 3.8) is 0 Å². The molecule has 5 nitrogen and oxygen atoms in total. The van der Waals surface area contributed by atoms with Crippen LogP contribution in [0.4, 0.5) is 0 Å². The molecular formula is C19H19NO4S. The number of benzene rings is 2. The second kappa shape index (κ2) is 7.19. The fourth-order valence-electron chi connectivity index (χ4n) is 3.01. The first-order chi connectivity index (χ1) is 12.0. The summed E-state index contributed by atoms with van der Waals surface area (Å²) in [6.45, 7) is 0.243. The van der Waals surface area contributed by atoms with Crippen molar-refractivity contribution in [2.45, 2.75) is 29.4 Å². The van der Waals surface area contributed by atoms with Gasteiger partial charge in [0.25, 0.3) is 5.91 Å². The van der Waals surface area contributed by atoms with Crippen LogP contribution in [0.1, 0.15) is 29.6 Å². The first-order valence-electron chi connectivity index (χ1n) is 8.21. The van der Waals surface area contributed by atoms with Crippen molar-refractivity contribution in [3.8, 4) is 0 Å². The summed E-state index contributed by atoms with van der Waals surface area (Å²) in [5.74, 6) is -1.07. The van der Waals surface area contributed by atoms with E-state index in [0.29, 0.717) is 18.4 Å². The number of amides is 2. The van der Waals surface area contributed by atoms with Crippen LogP contribution in [-0.4, -0.2) is 36.9 Å². The zero-order chi connectivity index (χ0) is 17.9. The summed E-state index contributed by atoms with van der Waals surface area (Å²) in [6.07, 6.45) is 1.42. The van der Waals surface area contributed by atoms with E-state index in [-0.39, 0.29) is 17.9 Å². The highest BCUT2D eigenvalue weighted by molar-refractivity contribution is 7.92. The zero-order valence-corrected chi connectivity index (χ0v) is 14.5. The van der Waals surface area contributed by atoms with Crippen LogP contribution in [0.15, 0.2) is 65.6 Å². The Hall–Kier alpha value is -2.47. The first kappa shape index (κ1) is 17.4. The summed E-state index contributed by atoms with van der Waals surface area (Å²) < 4.78 is 25.8. The minimum Gasteiger partial charge on any atom is -0.277 e. The SMILES string of the molecule is O=C(c1ccccc1)N1CCCC[C@H](S(=O)(=O)c2ccccc2)C1=O. The lowest BCUT2D eigenvalue weighted by atomic mass is 10.2.